The highest BCUT2D eigenvalue weighted by Crippen LogP contribution is 2.21. The molecule has 0 bridgehead atoms. The molecule has 1 unspecified atom stereocenters. The number of hydrogen-bond acceptors (Lipinski definition) is 3. The molecule has 5 heteroatoms. The van der Waals surface area contributed by atoms with E-state index < -0.39 is 0 Å². The van der Waals surface area contributed by atoms with E-state index in [-0.39, 0.29) is 23.3 Å². The number of phenolic OH excluding ortho intramolecular Hbond substituents is 1. The van der Waals surface area contributed by atoms with E-state index in [0.29, 0.717) is 11.4 Å². The van der Waals surface area contributed by atoms with E-state index in [9.17, 15) is 9.90 Å². The molecule has 0 aliphatic heterocycles. The average molecular weight is 266 g/mol. The molecule has 0 spiro atoms. The summed E-state index contributed by atoms with van der Waals surface area (Å²) >= 11 is 4.83. The minimum Gasteiger partial charge on any atom is -0.507 e. The molecule has 0 aliphatic rings. The van der Waals surface area contributed by atoms with E-state index in [1.807, 2.05) is 13.8 Å². The van der Waals surface area contributed by atoms with Crippen molar-refractivity contribution in [3.05, 3.63) is 29.3 Å². The van der Waals surface area contributed by atoms with Gasteiger partial charge >= 0.3 is 0 Å². The van der Waals surface area contributed by atoms with Gasteiger partial charge in [0.05, 0.1) is 10.6 Å². The molecule has 3 N–H and O–H groups in total. The van der Waals surface area contributed by atoms with Crippen LogP contribution in [0.2, 0.25) is 0 Å². The summed E-state index contributed by atoms with van der Waals surface area (Å²) in [5, 5.41) is 9.78. The maximum Gasteiger partial charge on any atom is 0.257 e. The van der Waals surface area contributed by atoms with Gasteiger partial charge in [0.15, 0.2) is 0 Å². The first-order valence-electron chi connectivity index (χ1n) is 5.68. The van der Waals surface area contributed by atoms with Gasteiger partial charge in [-0.05, 0) is 31.5 Å². The molecule has 0 aromatic heterocycles. The van der Waals surface area contributed by atoms with E-state index >= 15 is 0 Å². The number of rotatable bonds is 4. The first-order valence-corrected chi connectivity index (χ1v) is 6.08. The summed E-state index contributed by atoms with van der Waals surface area (Å²) in [5.74, 6) is -0.245. The third-order valence-corrected chi connectivity index (χ3v) is 3.03. The number of aryl methyl sites for hydroxylation is 1. The molecule has 0 radical (unpaired) electrons. The topological polar surface area (TPSA) is 66.6 Å². The number of carbonyl (C=O) groups is 1. The highest BCUT2D eigenvalue weighted by Gasteiger charge is 2.20. The number of nitrogens with two attached hydrogens (primary N) is 1. The molecule has 98 valence electrons. The van der Waals surface area contributed by atoms with Crippen molar-refractivity contribution in [2.75, 3.05) is 7.05 Å². The lowest BCUT2D eigenvalue weighted by atomic mass is 10.1. The second-order valence-corrected chi connectivity index (χ2v) is 4.98. The molecule has 0 heterocycles. The minimum atomic E-state index is -0.240. The Balaban J connectivity index is 2.89. The van der Waals surface area contributed by atoms with Gasteiger partial charge in [0.25, 0.3) is 5.91 Å². The Morgan fingerprint density at radius 2 is 2.17 bits per heavy atom. The molecule has 0 aliphatic carbocycles. The highest BCUT2D eigenvalue weighted by atomic mass is 32.1. The standard InChI is InChI=1S/C13H18N2O2S/c1-8-4-5-10(11(16)6-8)13(17)15(3)9(2)7-12(14)18/h4-6,9,16H,7H2,1-3H3,(H2,14,18). The number of nitrogens with zero attached hydrogens (tertiary/aromatic N) is 1. The zero-order valence-corrected chi connectivity index (χ0v) is 11.6. The second-order valence-electron chi connectivity index (χ2n) is 4.46. The van der Waals surface area contributed by atoms with Crippen LogP contribution in [-0.4, -0.2) is 34.0 Å². The van der Waals surface area contributed by atoms with Gasteiger partial charge in [-0.2, -0.15) is 0 Å². The van der Waals surface area contributed by atoms with Gasteiger partial charge in [-0.25, -0.2) is 0 Å². The average Bonchev–Trinajstić information content (AvgIpc) is 2.26. The number of hydrogen-bond donors (Lipinski definition) is 2. The molecule has 18 heavy (non-hydrogen) atoms. The van der Waals surface area contributed by atoms with Crippen molar-refractivity contribution in [3.8, 4) is 5.75 Å². The van der Waals surface area contributed by atoms with Crippen LogP contribution < -0.4 is 5.73 Å². The van der Waals surface area contributed by atoms with Crippen LogP contribution in [0, 0.1) is 6.92 Å². The molecule has 1 atom stereocenters. The molecule has 0 fully saturated rings. The molecule has 0 saturated heterocycles. The Bertz CT molecular complexity index is 474. The van der Waals surface area contributed by atoms with Crippen LogP contribution in [0.15, 0.2) is 18.2 Å². The molecule has 1 aromatic rings. The zero-order valence-electron chi connectivity index (χ0n) is 10.8. The smallest absolute Gasteiger partial charge is 0.257 e. The number of carbonyl (C=O) groups excluding carboxylic acids is 1. The number of thiocarbonyl (C=S) groups is 1. The van der Waals surface area contributed by atoms with Crippen LogP contribution >= 0.6 is 12.2 Å². The summed E-state index contributed by atoms with van der Waals surface area (Å²) in [6.07, 6.45) is 0.462. The Morgan fingerprint density at radius 1 is 1.56 bits per heavy atom. The Kier molecular flexibility index (Phi) is 4.67. The lowest BCUT2D eigenvalue weighted by Gasteiger charge is -2.25. The third kappa shape index (κ3) is 3.43. The van der Waals surface area contributed by atoms with Crippen molar-refractivity contribution in [2.45, 2.75) is 26.3 Å². The predicted octanol–water partition coefficient (Wildman–Crippen LogP) is 1.84. The van der Waals surface area contributed by atoms with Crippen LogP contribution in [0.1, 0.15) is 29.3 Å². The second kappa shape index (κ2) is 5.82. The largest absolute Gasteiger partial charge is 0.507 e. The maximum absolute atomic E-state index is 12.2. The van der Waals surface area contributed by atoms with Gasteiger partial charge < -0.3 is 15.7 Å². The third-order valence-electron chi connectivity index (χ3n) is 2.86. The number of aromatic hydroxyl groups is 1. The lowest BCUT2D eigenvalue weighted by Crippen LogP contribution is -2.37. The summed E-state index contributed by atoms with van der Waals surface area (Å²) < 4.78 is 0. The summed E-state index contributed by atoms with van der Waals surface area (Å²) in [6.45, 7) is 3.72. The van der Waals surface area contributed by atoms with Crippen molar-refractivity contribution < 1.29 is 9.90 Å². The maximum atomic E-state index is 12.2. The molecule has 4 nitrogen and oxygen atoms in total. The van der Waals surface area contributed by atoms with Crippen molar-refractivity contribution in [3.63, 3.8) is 0 Å². The minimum absolute atomic E-state index is 0.00521. The van der Waals surface area contributed by atoms with Crippen LogP contribution in [0.5, 0.6) is 5.75 Å². The SMILES string of the molecule is Cc1ccc(C(=O)N(C)C(C)CC(N)=S)c(O)c1. The molecular weight excluding hydrogens is 248 g/mol. The van der Waals surface area contributed by atoms with Gasteiger partial charge in [0.2, 0.25) is 0 Å². The predicted molar refractivity (Wildman–Crippen MR) is 75.8 cm³/mol. The fraction of sp³-hybridized carbons (Fsp3) is 0.385. The van der Waals surface area contributed by atoms with Crippen molar-refractivity contribution in [1.29, 1.82) is 0 Å². The van der Waals surface area contributed by atoms with Gasteiger partial charge in [0.1, 0.15) is 5.75 Å². The van der Waals surface area contributed by atoms with E-state index in [1.54, 1.807) is 25.2 Å². The van der Waals surface area contributed by atoms with E-state index in [4.69, 9.17) is 18.0 Å². The molecule has 0 saturated carbocycles. The van der Waals surface area contributed by atoms with Gasteiger partial charge in [-0.3, -0.25) is 4.79 Å². The molecule has 1 amide bonds. The van der Waals surface area contributed by atoms with Crippen molar-refractivity contribution >= 4 is 23.1 Å². The first-order chi connectivity index (χ1) is 8.32. The quantitative estimate of drug-likeness (QED) is 0.816. The van der Waals surface area contributed by atoms with Crippen LogP contribution in [-0.2, 0) is 0 Å². The number of amides is 1. The van der Waals surface area contributed by atoms with Crippen LogP contribution in [0.4, 0.5) is 0 Å². The summed E-state index contributed by atoms with van der Waals surface area (Å²) in [7, 11) is 1.67. The monoisotopic (exact) mass is 266 g/mol. The summed E-state index contributed by atoms with van der Waals surface area (Å²) in [4.78, 5) is 14.1. The Labute approximate surface area is 112 Å². The zero-order chi connectivity index (χ0) is 13.9. The lowest BCUT2D eigenvalue weighted by molar-refractivity contribution is 0.0745. The molecule has 1 aromatic carbocycles. The fourth-order valence-electron chi connectivity index (χ4n) is 1.64. The van der Waals surface area contributed by atoms with E-state index in [1.165, 1.54) is 4.90 Å². The summed E-state index contributed by atoms with van der Waals surface area (Å²) in [6, 6.07) is 4.88. The van der Waals surface area contributed by atoms with E-state index in [0.717, 1.165) is 5.56 Å². The van der Waals surface area contributed by atoms with Gasteiger partial charge in [0, 0.05) is 19.5 Å². The van der Waals surface area contributed by atoms with Gasteiger partial charge in [-0.1, -0.05) is 18.3 Å². The highest BCUT2D eigenvalue weighted by molar-refractivity contribution is 7.80. The normalized spacial score (nSPS) is 11.9. The van der Waals surface area contributed by atoms with Crippen LogP contribution in [0.3, 0.4) is 0 Å². The Hall–Kier alpha value is -1.62. The molecule has 1 rings (SSSR count). The number of phenols is 1. The Morgan fingerprint density at radius 3 is 2.67 bits per heavy atom. The molecular formula is C13H18N2O2S. The fourth-order valence-corrected chi connectivity index (χ4v) is 1.88. The van der Waals surface area contributed by atoms with Crippen LogP contribution in [0.25, 0.3) is 0 Å². The summed E-state index contributed by atoms with van der Waals surface area (Å²) in [5.41, 5.74) is 6.66. The van der Waals surface area contributed by atoms with Gasteiger partial charge in [-0.15, -0.1) is 0 Å². The number of benzene rings is 1. The van der Waals surface area contributed by atoms with Crippen molar-refractivity contribution in [1.82, 2.24) is 4.90 Å². The first kappa shape index (κ1) is 14.4. The van der Waals surface area contributed by atoms with E-state index in [2.05, 4.69) is 0 Å². The van der Waals surface area contributed by atoms with Crippen molar-refractivity contribution in [2.24, 2.45) is 5.73 Å².